The first kappa shape index (κ1) is 21.7. The highest BCUT2D eigenvalue weighted by Gasteiger charge is 2.37. The molecule has 2 aromatic rings. The number of hydrogen-bond acceptors (Lipinski definition) is 5. The van der Waals surface area contributed by atoms with Crippen molar-refractivity contribution in [3.8, 4) is 5.75 Å². The molecule has 2 aliphatic rings. The number of aryl methyl sites for hydroxylation is 3. The molecule has 0 radical (unpaired) electrons. The predicted molar refractivity (Wildman–Crippen MR) is 120 cm³/mol. The fourth-order valence-electron chi connectivity index (χ4n) is 4.27. The molecule has 0 N–H and O–H groups in total. The Morgan fingerprint density at radius 3 is 2.28 bits per heavy atom. The summed E-state index contributed by atoms with van der Waals surface area (Å²) in [6.45, 7) is 5.95. The van der Waals surface area contributed by atoms with Gasteiger partial charge >= 0.3 is 5.97 Å². The van der Waals surface area contributed by atoms with Crippen molar-refractivity contribution in [2.45, 2.75) is 46.5 Å². The zero-order valence-corrected chi connectivity index (χ0v) is 18.5. The van der Waals surface area contributed by atoms with Crippen LogP contribution in [0, 0.1) is 26.7 Å². The minimum absolute atomic E-state index is 0.0973. The summed E-state index contributed by atoms with van der Waals surface area (Å²) in [5, 5.41) is 0. The van der Waals surface area contributed by atoms with Gasteiger partial charge in [-0.3, -0.25) is 24.1 Å². The fraction of sp³-hybridized carbons (Fsp3) is 0.360. The van der Waals surface area contributed by atoms with Gasteiger partial charge in [0.1, 0.15) is 5.75 Å². The lowest BCUT2D eigenvalue weighted by Gasteiger charge is -2.26. The topological polar surface area (TPSA) is 84.0 Å². The number of esters is 1. The van der Waals surface area contributed by atoms with Crippen molar-refractivity contribution in [3.63, 3.8) is 0 Å². The summed E-state index contributed by atoms with van der Waals surface area (Å²) in [7, 11) is 0. The van der Waals surface area contributed by atoms with Gasteiger partial charge in [-0.15, -0.1) is 0 Å². The lowest BCUT2D eigenvalue weighted by atomic mass is 10.1. The van der Waals surface area contributed by atoms with E-state index in [0.29, 0.717) is 36.3 Å². The Morgan fingerprint density at radius 2 is 1.59 bits per heavy atom. The molecule has 7 nitrogen and oxygen atoms in total. The molecule has 32 heavy (non-hydrogen) atoms. The van der Waals surface area contributed by atoms with Crippen LogP contribution in [0.5, 0.6) is 5.75 Å². The van der Waals surface area contributed by atoms with E-state index >= 15 is 0 Å². The molecule has 2 aliphatic heterocycles. The molecule has 0 spiro atoms. The summed E-state index contributed by atoms with van der Waals surface area (Å²) in [5.41, 5.74) is 4.02. The maximum atomic E-state index is 12.8. The minimum Gasteiger partial charge on any atom is -0.426 e. The van der Waals surface area contributed by atoms with Gasteiger partial charge < -0.3 is 9.64 Å². The Kier molecular flexibility index (Phi) is 5.82. The molecular weight excluding hydrogens is 408 g/mol. The Morgan fingerprint density at radius 1 is 0.875 bits per heavy atom. The molecular formula is C25H26N2O5. The molecule has 3 amide bonds. The molecule has 2 heterocycles. The van der Waals surface area contributed by atoms with Crippen LogP contribution in [0.1, 0.15) is 42.4 Å². The van der Waals surface area contributed by atoms with E-state index in [0.717, 1.165) is 16.8 Å². The molecule has 166 valence electrons. The normalized spacial score (nSPS) is 19.0. The van der Waals surface area contributed by atoms with E-state index in [2.05, 4.69) is 0 Å². The third-order valence-corrected chi connectivity index (χ3v) is 6.02. The molecule has 0 unspecified atom stereocenters. The second-order valence-corrected chi connectivity index (χ2v) is 8.54. The Hall–Kier alpha value is -3.48. The monoisotopic (exact) mass is 434 g/mol. The Balaban J connectivity index is 1.47. The van der Waals surface area contributed by atoms with Gasteiger partial charge in [-0.05, 0) is 68.1 Å². The van der Waals surface area contributed by atoms with Gasteiger partial charge in [-0.1, -0.05) is 12.1 Å². The number of carbonyl (C=O) groups excluding carboxylic acids is 4. The predicted octanol–water partition coefficient (Wildman–Crippen LogP) is 3.61. The zero-order valence-electron chi connectivity index (χ0n) is 18.5. The van der Waals surface area contributed by atoms with Gasteiger partial charge in [0.05, 0.1) is 11.6 Å². The van der Waals surface area contributed by atoms with Crippen LogP contribution >= 0.6 is 0 Å². The first-order valence-electron chi connectivity index (χ1n) is 10.8. The van der Waals surface area contributed by atoms with Crippen LogP contribution in [-0.4, -0.2) is 30.2 Å². The number of piperidine rings is 1. The molecule has 2 fully saturated rings. The van der Waals surface area contributed by atoms with Crippen molar-refractivity contribution in [2.24, 2.45) is 5.92 Å². The number of nitrogens with zero attached hydrogens (tertiary/aromatic N) is 2. The molecule has 0 bridgehead atoms. The van der Waals surface area contributed by atoms with E-state index in [-0.39, 0.29) is 30.7 Å². The summed E-state index contributed by atoms with van der Waals surface area (Å²) in [6.07, 6.45) is 1.35. The lowest BCUT2D eigenvalue weighted by Crippen LogP contribution is -2.40. The molecule has 1 atom stereocenters. The smallest absolute Gasteiger partial charge is 0.316 e. The van der Waals surface area contributed by atoms with Crippen molar-refractivity contribution in [2.75, 3.05) is 16.3 Å². The lowest BCUT2D eigenvalue weighted by molar-refractivity contribution is -0.139. The van der Waals surface area contributed by atoms with Gasteiger partial charge in [0.25, 0.3) is 0 Å². The third-order valence-electron chi connectivity index (χ3n) is 6.02. The number of hydrogen-bond donors (Lipinski definition) is 0. The standard InChI is InChI=1S/C25H26N2O5/c1-15-7-8-16(2)21(11-15)26-14-18(13-24(26)30)25(31)32-19-9-10-20(17(3)12-19)27-22(28)5-4-6-23(27)29/h7-12,18H,4-6,13-14H2,1-3H3/t18-/m1/s1. The average molecular weight is 434 g/mol. The van der Waals surface area contributed by atoms with Gasteiger partial charge in [0.15, 0.2) is 0 Å². The van der Waals surface area contributed by atoms with Crippen LogP contribution in [0.4, 0.5) is 11.4 Å². The summed E-state index contributed by atoms with van der Waals surface area (Å²) in [5.74, 6) is -1.24. The minimum atomic E-state index is -0.562. The molecule has 2 aromatic carbocycles. The fourth-order valence-corrected chi connectivity index (χ4v) is 4.27. The quantitative estimate of drug-likeness (QED) is 0.417. The molecule has 0 aromatic heterocycles. The first-order valence-corrected chi connectivity index (χ1v) is 10.8. The summed E-state index contributed by atoms with van der Waals surface area (Å²) < 4.78 is 5.56. The zero-order chi connectivity index (χ0) is 23.0. The van der Waals surface area contributed by atoms with E-state index in [9.17, 15) is 19.2 Å². The van der Waals surface area contributed by atoms with Gasteiger partial charge in [0.2, 0.25) is 17.7 Å². The van der Waals surface area contributed by atoms with E-state index in [1.54, 1.807) is 30.0 Å². The van der Waals surface area contributed by atoms with Crippen molar-refractivity contribution in [3.05, 3.63) is 53.1 Å². The van der Waals surface area contributed by atoms with Crippen LogP contribution in [0.25, 0.3) is 0 Å². The number of carbonyl (C=O) groups is 4. The second kappa shape index (κ2) is 8.57. The largest absolute Gasteiger partial charge is 0.426 e. The van der Waals surface area contributed by atoms with Crippen molar-refractivity contribution >= 4 is 35.1 Å². The highest BCUT2D eigenvalue weighted by molar-refractivity contribution is 6.16. The van der Waals surface area contributed by atoms with Gasteiger partial charge in [0, 0.05) is 31.5 Å². The maximum absolute atomic E-state index is 12.8. The van der Waals surface area contributed by atoms with E-state index < -0.39 is 11.9 Å². The molecule has 2 saturated heterocycles. The summed E-state index contributed by atoms with van der Waals surface area (Å²) >= 11 is 0. The highest BCUT2D eigenvalue weighted by atomic mass is 16.5. The number of anilines is 2. The Labute approximate surface area is 187 Å². The first-order chi connectivity index (χ1) is 15.2. The van der Waals surface area contributed by atoms with E-state index in [1.807, 2.05) is 32.0 Å². The summed E-state index contributed by atoms with van der Waals surface area (Å²) in [6, 6.07) is 10.7. The van der Waals surface area contributed by atoms with E-state index in [1.165, 1.54) is 4.90 Å². The highest BCUT2D eigenvalue weighted by Crippen LogP contribution is 2.31. The number of imide groups is 1. The SMILES string of the molecule is Cc1ccc(C)c(N2C[C@H](C(=O)Oc3ccc(N4C(=O)CCCC4=O)c(C)c3)CC2=O)c1. The van der Waals surface area contributed by atoms with Crippen molar-refractivity contribution in [1.82, 2.24) is 0 Å². The van der Waals surface area contributed by atoms with Gasteiger partial charge in [-0.25, -0.2) is 0 Å². The number of benzene rings is 2. The van der Waals surface area contributed by atoms with Crippen molar-refractivity contribution in [1.29, 1.82) is 0 Å². The third kappa shape index (κ3) is 4.15. The van der Waals surface area contributed by atoms with Crippen LogP contribution < -0.4 is 14.5 Å². The molecule has 4 rings (SSSR count). The average Bonchev–Trinajstić information content (AvgIpc) is 3.13. The maximum Gasteiger partial charge on any atom is 0.316 e. The molecule has 7 heteroatoms. The number of ether oxygens (including phenoxy) is 1. The van der Waals surface area contributed by atoms with Gasteiger partial charge in [-0.2, -0.15) is 0 Å². The van der Waals surface area contributed by atoms with Crippen LogP contribution in [0.3, 0.4) is 0 Å². The van der Waals surface area contributed by atoms with Crippen molar-refractivity contribution < 1.29 is 23.9 Å². The molecule has 0 saturated carbocycles. The van der Waals surface area contributed by atoms with Crippen LogP contribution in [-0.2, 0) is 19.2 Å². The summed E-state index contributed by atoms with van der Waals surface area (Å²) in [4.78, 5) is 52.6. The molecule has 0 aliphatic carbocycles. The number of rotatable bonds is 4. The number of amides is 3. The second-order valence-electron chi connectivity index (χ2n) is 8.54. The Bertz CT molecular complexity index is 1110. The van der Waals surface area contributed by atoms with E-state index in [4.69, 9.17) is 4.74 Å². The van der Waals surface area contributed by atoms with Crippen LogP contribution in [0.15, 0.2) is 36.4 Å². The van der Waals surface area contributed by atoms with Crippen LogP contribution in [0.2, 0.25) is 0 Å².